The van der Waals surface area contributed by atoms with E-state index in [1.807, 2.05) is 0 Å². The van der Waals surface area contributed by atoms with Gasteiger partial charge in [-0.2, -0.15) is 0 Å². The van der Waals surface area contributed by atoms with E-state index >= 15 is 0 Å². The summed E-state index contributed by atoms with van der Waals surface area (Å²) in [5.74, 6) is 5.15. The van der Waals surface area contributed by atoms with Crippen molar-refractivity contribution in [1.29, 1.82) is 0 Å². The Morgan fingerprint density at radius 2 is 1.93 bits per heavy atom. The van der Waals surface area contributed by atoms with E-state index in [1.165, 1.54) is 24.0 Å². The van der Waals surface area contributed by atoms with Crippen LogP contribution in [-0.4, -0.2) is 6.61 Å². The first-order chi connectivity index (χ1) is 6.80. The summed E-state index contributed by atoms with van der Waals surface area (Å²) in [5.41, 5.74) is 3.00. The molecule has 0 saturated heterocycles. The van der Waals surface area contributed by atoms with E-state index in [1.54, 1.807) is 0 Å². The molecule has 14 heavy (non-hydrogen) atoms. The molecule has 0 atom stereocenters. The van der Waals surface area contributed by atoms with Gasteiger partial charge in [0.1, 0.15) is 0 Å². The van der Waals surface area contributed by atoms with Gasteiger partial charge in [-0.25, -0.2) is 5.90 Å². The van der Waals surface area contributed by atoms with Crippen LogP contribution in [0.25, 0.3) is 0 Å². The number of hydrogen-bond acceptors (Lipinski definition) is 2. The minimum Gasteiger partial charge on any atom is -0.304 e. The van der Waals surface area contributed by atoms with E-state index in [-0.39, 0.29) is 5.41 Å². The summed E-state index contributed by atoms with van der Waals surface area (Å²) in [6, 6.07) is 8.83. The van der Waals surface area contributed by atoms with Gasteiger partial charge in [-0.05, 0) is 30.4 Å². The molecule has 0 aliphatic heterocycles. The van der Waals surface area contributed by atoms with Crippen molar-refractivity contribution in [2.45, 2.75) is 31.6 Å². The van der Waals surface area contributed by atoms with Crippen molar-refractivity contribution in [3.63, 3.8) is 0 Å². The highest BCUT2D eigenvalue weighted by molar-refractivity contribution is 5.33. The summed E-state index contributed by atoms with van der Waals surface area (Å²) in [5, 5.41) is 0. The molecule has 1 aromatic rings. The molecule has 76 valence electrons. The third-order valence-electron chi connectivity index (χ3n) is 3.19. The lowest BCUT2D eigenvalue weighted by Gasteiger charge is -2.14. The summed E-state index contributed by atoms with van der Waals surface area (Å²) >= 11 is 0. The Balaban J connectivity index is 2.16. The maximum Gasteiger partial charge on any atom is 0.0775 e. The Labute approximate surface area is 85.0 Å². The standard InChI is InChI=1S/C12H17NO/c1-2-10-3-5-11(6-4-10)12(7-8-12)9-14-13/h3-6H,2,7-9,13H2,1H3. The fraction of sp³-hybridized carbons (Fsp3) is 0.500. The van der Waals surface area contributed by atoms with Gasteiger partial charge in [0.25, 0.3) is 0 Å². The highest BCUT2D eigenvalue weighted by atomic mass is 16.6. The van der Waals surface area contributed by atoms with Crippen molar-refractivity contribution in [1.82, 2.24) is 0 Å². The predicted molar refractivity (Wildman–Crippen MR) is 56.9 cm³/mol. The molecule has 2 rings (SSSR count). The van der Waals surface area contributed by atoms with Crippen molar-refractivity contribution >= 4 is 0 Å². The van der Waals surface area contributed by atoms with Gasteiger partial charge in [0, 0.05) is 5.41 Å². The van der Waals surface area contributed by atoms with Gasteiger partial charge >= 0.3 is 0 Å². The molecule has 0 aromatic heterocycles. The van der Waals surface area contributed by atoms with E-state index in [0.717, 1.165) is 6.42 Å². The van der Waals surface area contributed by atoms with Gasteiger partial charge in [-0.1, -0.05) is 31.2 Å². The van der Waals surface area contributed by atoms with Crippen molar-refractivity contribution < 1.29 is 4.84 Å². The first-order valence-electron chi connectivity index (χ1n) is 5.22. The molecule has 0 amide bonds. The minimum atomic E-state index is 0.237. The molecule has 0 heterocycles. The van der Waals surface area contributed by atoms with Gasteiger partial charge in [0.15, 0.2) is 0 Å². The maximum atomic E-state index is 5.15. The second kappa shape index (κ2) is 3.71. The molecule has 2 nitrogen and oxygen atoms in total. The lowest BCUT2D eigenvalue weighted by Crippen LogP contribution is -2.17. The third kappa shape index (κ3) is 1.68. The van der Waals surface area contributed by atoms with Crippen molar-refractivity contribution in [2.24, 2.45) is 5.90 Å². The fourth-order valence-corrected chi connectivity index (χ4v) is 1.92. The number of nitrogens with two attached hydrogens (primary N) is 1. The zero-order valence-electron chi connectivity index (χ0n) is 8.62. The lowest BCUT2D eigenvalue weighted by molar-refractivity contribution is 0.116. The average Bonchev–Trinajstić information content (AvgIpc) is 3.00. The predicted octanol–water partition coefficient (Wildman–Crippen LogP) is 2.17. The fourth-order valence-electron chi connectivity index (χ4n) is 1.92. The Morgan fingerprint density at radius 1 is 1.29 bits per heavy atom. The smallest absolute Gasteiger partial charge is 0.0775 e. The molecule has 2 heteroatoms. The van der Waals surface area contributed by atoms with Gasteiger partial charge < -0.3 is 4.84 Å². The van der Waals surface area contributed by atoms with E-state index in [4.69, 9.17) is 10.7 Å². The number of benzene rings is 1. The quantitative estimate of drug-likeness (QED) is 0.740. The molecule has 1 aliphatic carbocycles. The first kappa shape index (κ1) is 9.69. The molecule has 0 spiro atoms. The molecule has 0 unspecified atom stereocenters. The van der Waals surface area contributed by atoms with Crippen LogP contribution in [0, 0.1) is 0 Å². The summed E-state index contributed by atoms with van der Waals surface area (Å²) in [6.45, 7) is 2.82. The molecule has 1 fully saturated rings. The Hall–Kier alpha value is -0.860. The van der Waals surface area contributed by atoms with Gasteiger partial charge in [-0.15, -0.1) is 0 Å². The normalized spacial score (nSPS) is 18.1. The first-order valence-corrected chi connectivity index (χ1v) is 5.22. The summed E-state index contributed by atoms with van der Waals surface area (Å²) in [4.78, 5) is 4.78. The van der Waals surface area contributed by atoms with Crippen LogP contribution in [0.2, 0.25) is 0 Å². The maximum absolute atomic E-state index is 5.15. The number of aryl methyl sites for hydroxylation is 1. The second-order valence-electron chi connectivity index (χ2n) is 4.14. The molecule has 2 N–H and O–H groups in total. The molecular weight excluding hydrogens is 174 g/mol. The van der Waals surface area contributed by atoms with Crippen LogP contribution in [0.15, 0.2) is 24.3 Å². The highest BCUT2D eigenvalue weighted by Crippen LogP contribution is 2.48. The van der Waals surface area contributed by atoms with Gasteiger partial charge in [0.05, 0.1) is 6.61 Å². The average molecular weight is 191 g/mol. The number of rotatable bonds is 4. The van der Waals surface area contributed by atoms with Crippen LogP contribution in [0.3, 0.4) is 0 Å². The summed E-state index contributed by atoms with van der Waals surface area (Å²) in [7, 11) is 0. The monoisotopic (exact) mass is 191 g/mol. The van der Waals surface area contributed by atoms with E-state index < -0.39 is 0 Å². The van der Waals surface area contributed by atoms with E-state index in [0.29, 0.717) is 6.61 Å². The molecule has 1 aromatic carbocycles. The third-order valence-corrected chi connectivity index (χ3v) is 3.19. The van der Waals surface area contributed by atoms with Gasteiger partial charge in [-0.3, -0.25) is 0 Å². The van der Waals surface area contributed by atoms with E-state index in [9.17, 15) is 0 Å². The largest absolute Gasteiger partial charge is 0.304 e. The van der Waals surface area contributed by atoms with Crippen molar-refractivity contribution in [2.75, 3.05) is 6.61 Å². The Morgan fingerprint density at radius 3 is 2.36 bits per heavy atom. The van der Waals surface area contributed by atoms with Crippen molar-refractivity contribution in [3.8, 4) is 0 Å². The highest BCUT2D eigenvalue weighted by Gasteiger charge is 2.44. The van der Waals surface area contributed by atoms with Crippen LogP contribution >= 0.6 is 0 Å². The van der Waals surface area contributed by atoms with Crippen LogP contribution in [0.1, 0.15) is 30.9 Å². The molecule has 0 bridgehead atoms. The lowest BCUT2D eigenvalue weighted by atomic mass is 9.95. The Bertz CT molecular complexity index is 301. The summed E-state index contributed by atoms with van der Waals surface area (Å²) in [6.07, 6.45) is 3.51. The van der Waals surface area contributed by atoms with Crippen molar-refractivity contribution in [3.05, 3.63) is 35.4 Å². The van der Waals surface area contributed by atoms with Crippen LogP contribution in [-0.2, 0) is 16.7 Å². The van der Waals surface area contributed by atoms with Crippen LogP contribution in [0.5, 0.6) is 0 Å². The molecule has 1 saturated carbocycles. The number of hydrogen-bond donors (Lipinski definition) is 1. The van der Waals surface area contributed by atoms with Gasteiger partial charge in [0.2, 0.25) is 0 Å². The molecule has 0 radical (unpaired) electrons. The summed E-state index contributed by atoms with van der Waals surface area (Å²) < 4.78 is 0. The SMILES string of the molecule is CCc1ccc(C2(CON)CC2)cc1. The topological polar surface area (TPSA) is 35.2 Å². The van der Waals surface area contributed by atoms with Crippen LogP contribution < -0.4 is 5.90 Å². The second-order valence-corrected chi connectivity index (χ2v) is 4.14. The Kier molecular flexibility index (Phi) is 2.57. The molecule has 1 aliphatic rings. The van der Waals surface area contributed by atoms with Crippen LogP contribution in [0.4, 0.5) is 0 Å². The minimum absolute atomic E-state index is 0.237. The zero-order chi connectivity index (χ0) is 10.0. The zero-order valence-corrected chi connectivity index (χ0v) is 8.62. The molecular formula is C12H17NO. The van der Waals surface area contributed by atoms with E-state index in [2.05, 4.69) is 31.2 Å².